The highest BCUT2D eigenvalue weighted by Crippen LogP contribution is 2.25. The average Bonchev–Trinajstić information content (AvgIpc) is 2.71. The van der Waals surface area contributed by atoms with Crippen LogP contribution in [0.2, 0.25) is 0 Å². The Balaban J connectivity index is 1.73. The lowest BCUT2D eigenvalue weighted by atomic mass is 9.99. The number of carbonyl (C=O) groups excluding carboxylic acids is 1. The molecule has 0 saturated heterocycles. The molecule has 2 aromatic rings. The molecule has 0 fully saturated rings. The largest absolute Gasteiger partial charge is 0.492 e. The Morgan fingerprint density at radius 2 is 1.50 bits per heavy atom. The highest BCUT2D eigenvalue weighted by atomic mass is 16.6. The Morgan fingerprint density at radius 1 is 0.923 bits per heavy atom. The lowest BCUT2D eigenvalue weighted by Crippen LogP contribution is -2.48. The summed E-state index contributed by atoms with van der Waals surface area (Å²) in [6.07, 6.45) is 0.272. The molecule has 0 radical (unpaired) electrons. The third-order valence-electron chi connectivity index (χ3n) is 4.25. The molecule has 1 aliphatic rings. The number of aliphatic hydroxyl groups excluding tert-OH is 1. The van der Waals surface area contributed by atoms with Crippen molar-refractivity contribution in [2.75, 3.05) is 6.61 Å². The molecule has 1 N–H and O–H groups in total. The average molecular weight is 354 g/mol. The fourth-order valence-corrected chi connectivity index (χ4v) is 2.85. The van der Waals surface area contributed by atoms with Crippen LogP contribution >= 0.6 is 0 Å². The molecule has 2 aromatic carbocycles. The van der Waals surface area contributed by atoms with Crippen molar-refractivity contribution in [2.24, 2.45) is 0 Å². The highest BCUT2D eigenvalue weighted by Gasteiger charge is 2.38. The summed E-state index contributed by atoms with van der Waals surface area (Å²) in [5, 5.41) is 9.64. The second-order valence-electron chi connectivity index (χ2n) is 6.07. The molecule has 0 spiro atoms. The van der Waals surface area contributed by atoms with Crippen molar-refractivity contribution in [1.82, 2.24) is 0 Å². The van der Waals surface area contributed by atoms with E-state index in [0.29, 0.717) is 25.1 Å². The van der Waals surface area contributed by atoms with Gasteiger partial charge in [-0.15, -0.1) is 0 Å². The zero-order chi connectivity index (χ0) is 18.2. The summed E-state index contributed by atoms with van der Waals surface area (Å²) in [5.74, 6) is 0. The topological polar surface area (TPSA) is 65.0 Å². The standard InChI is InChI=1S/C21H22O5/c22-11-18-15-24-19(12-23)21(26-14-17-9-5-2-6-10-17)20(18)25-13-16-7-3-1-4-8-16/h1-11,15,19-21,23H,12-14H2/t19-,20+,21-/m0/s1. The van der Waals surface area contributed by atoms with Gasteiger partial charge in [0.2, 0.25) is 0 Å². The second-order valence-corrected chi connectivity index (χ2v) is 6.07. The Bertz CT molecular complexity index is 714. The van der Waals surface area contributed by atoms with Crippen LogP contribution in [-0.4, -0.2) is 36.3 Å². The van der Waals surface area contributed by atoms with E-state index in [-0.39, 0.29) is 6.61 Å². The first kappa shape index (κ1) is 18.3. The van der Waals surface area contributed by atoms with Gasteiger partial charge in [-0.1, -0.05) is 60.7 Å². The van der Waals surface area contributed by atoms with Gasteiger partial charge in [0.25, 0.3) is 0 Å². The predicted molar refractivity (Wildman–Crippen MR) is 96.1 cm³/mol. The minimum atomic E-state index is -0.609. The summed E-state index contributed by atoms with van der Waals surface area (Å²) in [6.45, 7) is 0.440. The SMILES string of the molecule is O=CC1=CO[C@@H](CO)[C@H](OCc2ccccc2)[C@@H]1OCc1ccccc1. The van der Waals surface area contributed by atoms with Gasteiger partial charge >= 0.3 is 0 Å². The first-order valence-corrected chi connectivity index (χ1v) is 8.54. The van der Waals surface area contributed by atoms with E-state index in [2.05, 4.69) is 0 Å². The van der Waals surface area contributed by atoms with Gasteiger partial charge in [0, 0.05) is 0 Å². The summed E-state index contributed by atoms with van der Waals surface area (Å²) in [6, 6.07) is 19.4. The third-order valence-corrected chi connectivity index (χ3v) is 4.25. The summed E-state index contributed by atoms with van der Waals surface area (Å²) < 4.78 is 17.5. The molecule has 0 aliphatic carbocycles. The van der Waals surface area contributed by atoms with Crippen LogP contribution in [0.25, 0.3) is 0 Å². The van der Waals surface area contributed by atoms with Crippen LogP contribution in [0.5, 0.6) is 0 Å². The lowest BCUT2D eigenvalue weighted by Gasteiger charge is -2.35. The van der Waals surface area contributed by atoms with Gasteiger partial charge in [0.1, 0.15) is 18.3 Å². The van der Waals surface area contributed by atoms with Crippen LogP contribution in [0.1, 0.15) is 11.1 Å². The fourth-order valence-electron chi connectivity index (χ4n) is 2.85. The van der Waals surface area contributed by atoms with Gasteiger partial charge in [-0.25, -0.2) is 0 Å². The molecular formula is C21H22O5. The van der Waals surface area contributed by atoms with Gasteiger partial charge in [-0.3, -0.25) is 4.79 Å². The van der Waals surface area contributed by atoms with E-state index in [1.807, 2.05) is 60.7 Å². The maximum absolute atomic E-state index is 11.5. The van der Waals surface area contributed by atoms with Crippen molar-refractivity contribution in [3.63, 3.8) is 0 Å². The monoisotopic (exact) mass is 354 g/mol. The van der Waals surface area contributed by atoms with Gasteiger partial charge < -0.3 is 19.3 Å². The summed E-state index contributed by atoms with van der Waals surface area (Å²) in [5.41, 5.74) is 2.35. The van der Waals surface area contributed by atoms with Crippen LogP contribution in [0.4, 0.5) is 0 Å². The lowest BCUT2D eigenvalue weighted by molar-refractivity contribution is -0.147. The second kappa shape index (κ2) is 9.29. The molecule has 0 bridgehead atoms. The molecule has 0 aromatic heterocycles. The van der Waals surface area contributed by atoms with Crippen LogP contribution in [0, 0.1) is 0 Å². The summed E-state index contributed by atoms with van der Waals surface area (Å²) in [7, 11) is 0. The van der Waals surface area contributed by atoms with Crippen molar-refractivity contribution in [3.05, 3.63) is 83.6 Å². The first-order chi connectivity index (χ1) is 12.8. The molecule has 3 rings (SSSR count). The van der Waals surface area contributed by atoms with E-state index in [4.69, 9.17) is 14.2 Å². The molecule has 26 heavy (non-hydrogen) atoms. The van der Waals surface area contributed by atoms with Crippen LogP contribution in [0.15, 0.2) is 72.5 Å². The highest BCUT2D eigenvalue weighted by molar-refractivity contribution is 5.74. The van der Waals surface area contributed by atoms with Gasteiger partial charge in [0.05, 0.1) is 31.7 Å². The van der Waals surface area contributed by atoms with E-state index >= 15 is 0 Å². The number of carbonyl (C=O) groups is 1. The maximum atomic E-state index is 11.5. The number of aldehydes is 1. The molecule has 136 valence electrons. The number of hydrogen-bond acceptors (Lipinski definition) is 5. The zero-order valence-electron chi connectivity index (χ0n) is 14.4. The van der Waals surface area contributed by atoms with E-state index in [9.17, 15) is 9.90 Å². The smallest absolute Gasteiger partial charge is 0.151 e. The maximum Gasteiger partial charge on any atom is 0.151 e. The molecule has 1 heterocycles. The Hall–Kier alpha value is -2.47. The molecule has 5 nitrogen and oxygen atoms in total. The molecule has 0 unspecified atom stereocenters. The number of hydrogen-bond donors (Lipinski definition) is 1. The van der Waals surface area contributed by atoms with Gasteiger partial charge in [0.15, 0.2) is 6.29 Å². The Labute approximate surface area is 152 Å². The van der Waals surface area contributed by atoms with Crippen LogP contribution in [-0.2, 0) is 32.2 Å². The van der Waals surface area contributed by atoms with Crippen molar-refractivity contribution in [3.8, 4) is 0 Å². The van der Waals surface area contributed by atoms with Crippen molar-refractivity contribution in [2.45, 2.75) is 31.5 Å². The first-order valence-electron chi connectivity index (χ1n) is 8.54. The van der Waals surface area contributed by atoms with Crippen LogP contribution in [0.3, 0.4) is 0 Å². The normalized spacial score (nSPS) is 22.3. The molecule has 1 aliphatic heterocycles. The minimum Gasteiger partial charge on any atom is -0.492 e. The molecular weight excluding hydrogens is 332 g/mol. The fraction of sp³-hybridized carbons (Fsp3) is 0.286. The van der Waals surface area contributed by atoms with E-state index in [1.54, 1.807) is 0 Å². The van der Waals surface area contributed by atoms with Crippen molar-refractivity contribution in [1.29, 1.82) is 0 Å². The summed E-state index contributed by atoms with van der Waals surface area (Å²) >= 11 is 0. The Morgan fingerprint density at radius 3 is 2.04 bits per heavy atom. The molecule has 5 heteroatoms. The van der Waals surface area contributed by atoms with E-state index in [0.717, 1.165) is 11.1 Å². The van der Waals surface area contributed by atoms with Gasteiger partial charge in [-0.05, 0) is 11.1 Å². The Kier molecular flexibility index (Phi) is 6.55. The van der Waals surface area contributed by atoms with Crippen LogP contribution < -0.4 is 0 Å². The number of benzene rings is 2. The van der Waals surface area contributed by atoms with E-state index in [1.165, 1.54) is 6.26 Å². The molecule has 0 amide bonds. The van der Waals surface area contributed by atoms with Crippen molar-refractivity contribution >= 4 is 6.29 Å². The predicted octanol–water partition coefficient (Wildman–Crippen LogP) is 2.63. The number of rotatable bonds is 8. The minimum absolute atomic E-state index is 0.229. The third kappa shape index (κ3) is 4.58. The quantitative estimate of drug-likeness (QED) is 0.739. The number of ether oxygens (including phenoxy) is 3. The molecule has 3 atom stereocenters. The summed E-state index contributed by atoms with van der Waals surface area (Å²) in [4.78, 5) is 11.5. The van der Waals surface area contributed by atoms with Crippen molar-refractivity contribution < 1.29 is 24.1 Å². The van der Waals surface area contributed by atoms with E-state index < -0.39 is 18.3 Å². The molecule has 0 saturated carbocycles. The van der Waals surface area contributed by atoms with Gasteiger partial charge in [-0.2, -0.15) is 0 Å². The number of aliphatic hydroxyl groups is 1. The zero-order valence-corrected chi connectivity index (χ0v) is 14.4.